The molecule has 154 valence electrons. The molecule has 2 heterocycles. The van der Waals surface area contributed by atoms with Gasteiger partial charge in [-0.05, 0) is 50.2 Å². The topological polar surface area (TPSA) is 78.0 Å². The highest BCUT2D eigenvalue weighted by molar-refractivity contribution is 7.88. The second kappa shape index (κ2) is 8.90. The summed E-state index contributed by atoms with van der Waals surface area (Å²) in [6.07, 6.45) is 2.66. The number of piperidine rings is 1. The smallest absolute Gasteiger partial charge is 0.236 e. The molecule has 0 unspecified atom stereocenters. The number of Topliss-reactive ketones (excluding diaryl/α,β-unsaturated/α-hetero) is 1. The van der Waals surface area contributed by atoms with E-state index in [9.17, 15) is 18.0 Å². The Morgan fingerprint density at radius 2 is 1.57 bits per heavy atom. The predicted molar refractivity (Wildman–Crippen MR) is 108 cm³/mol. The molecule has 1 aromatic carbocycles. The van der Waals surface area contributed by atoms with Gasteiger partial charge in [0.15, 0.2) is 5.78 Å². The van der Waals surface area contributed by atoms with Crippen molar-refractivity contribution >= 4 is 33.3 Å². The van der Waals surface area contributed by atoms with Crippen molar-refractivity contribution in [2.24, 2.45) is 5.92 Å². The summed E-state index contributed by atoms with van der Waals surface area (Å²) in [4.78, 5) is 28.9. The molecular formula is C19H26ClN3O4S. The summed E-state index contributed by atoms with van der Waals surface area (Å²) in [5.74, 6) is 0.140. The van der Waals surface area contributed by atoms with E-state index in [0.717, 1.165) is 12.8 Å². The molecular weight excluding hydrogens is 402 g/mol. The van der Waals surface area contributed by atoms with Gasteiger partial charge in [-0.3, -0.25) is 14.5 Å². The van der Waals surface area contributed by atoms with Crippen LogP contribution >= 0.6 is 11.6 Å². The largest absolute Gasteiger partial charge is 0.339 e. The fraction of sp³-hybridized carbons (Fsp3) is 0.579. The van der Waals surface area contributed by atoms with Gasteiger partial charge in [-0.2, -0.15) is 4.31 Å². The van der Waals surface area contributed by atoms with Crippen LogP contribution < -0.4 is 0 Å². The first-order valence-corrected chi connectivity index (χ1v) is 11.7. The van der Waals surface area contributed by atoms with Gasteiger partial charge in [0.05, 0.1) is 12.8 Å². The number of carbonyl (C=O) groups excluding carboxylic acids is 2. The molecule has 0 saturated carbocycles. The highest BCUT2D eigenvalue weighted by atomic mass is 35.5. The average molecular weight is 428 g/mol. The lowest BCUT2D eigenvalue weighted by Crippen LogP contribution is -2.53. The molecule has 0 bridgehead atoms. The van der Waals surface area contributed by atoms with Gasteiger partial charge in [-0.15, -0.1) is 0 Å². The minimum atomic E-state index is -3.20. The second-order valence-electron chi connectivity index (χ2n) is 7.46. The number of ketones is 1. The number of amides is 1. The van der Waals surface area contributed by atoms with Crippen molar-refractivity contribution in [2.45, 2.75) is 12.8 Å². The SMILES string of the molecule is CS(=O)(=O)N1CCN(C(=O)CN2CCC(C(=O)c3ccc(Cl)cc3)CC2)CC1. The van der Waals surface area contributed by atoms with Crippen molar-refractivity contribution in [1.29, 1.82) is 0 Å². The van der Waals surface area contributed by atoms with Crippen LogP contribution in [-0.4, -0.2) is 86.3 Å². The molecule has 9 heteroatoms. The third kappa shape index (κ3) is 5.31. The van der Waals surface area contributed by atoms with Crippen molar-refractivity contribution in [3.05, 3.63) is 34.9 Å². The molecule has 1 amide bonds. The first kappa shape index (κ1) is 21.2. The minimum Gasteiger partial charge on any atom is -0.339 e. The van der Waals surface area contributed by atoms with Gasteiger partial charge in [0, 0.05) is 42.7 Å². The predicted octanol–water partition coefficient (Wildman–Crippen LogP) is 1.34. The summed E-state index contributed by atoms with van der Waals surface area (Å²) in [5, 5.41) is 0.613. The highest BCUT2D eigenvalue weighted by Gasteiger charge is 2.29. The zero-order valence-electron chi connectivity index (χ0n) is 16.0. The van der Waals surface area contributed by atoms with Crippen LogP contribution in [0, 0.1) is 5.92 Å². The molecule has 0 radical (unpaired) electrons. The third-order valence-corrected chi connectivity index (χ3v) is 7.06. The van der Waals surface area contributed by atoms with E-state index in [2.05, 4.69) is 4.90 Å². The lowest BCUT2D eigenvalue weighted by Gasteiger charge is -2.36. The highest BCUT2D eigenvalue weighted by Crippen LogP contribution is 2.23. The van der Waals surface area contributed by atoms with E-state index in [4.69, 9.17) is 11.6 Å². The lowest BCUT2D eigenvalue weighted by molar-refractivity contribution is -0.133. The van der Waals surface area contributed by atoms with Crippen molar-refractivity contribution in [3.8, 4) is 0 Å². The molecule has 3 rings (SSSR count). The lowest BCUT2D eigenvalue weighted by atomic mass is 9.89. The molecule has 0 aliphatic carbocycles. The van der Waals surface area contributed by atoms with Gasteiger partial charge < -0.3 is 4.90 Å². The van der Waals surface area contributed by atoms with Crippen LogP contribution in [0.25, 0.3) is 0 Å². The van der Waals surface area contributed by atoms with Crippen molar-refractivity contribution in [3.63, 3.8) is 0 Å². The number of benzene rings is 1. The minimum absolute atomic E-state index is 0.0224. The van der Waals surface area contributed by atoms with E-state index in [1.807, 2.05) is 0 Å². The van der Waals surface area contributed by atoms with Crippen molar-refractivity contribution in [2.75, 3.05) is 52.1 Å². The van der Waals surface area contributed by atoms with E-state index in [0.29, 0.717) is 56.4 Å². The summed E-state index contributed by atoms with van der Waals surface area (Å²) < 4.78 is 24.5. The van der Waals surface area contributed by atoms with E-state index < -0.39 is 10.0 Å². The fourth-order valence-electron chi connectivity index (χ4n) is 3.76. The molecule has 28 heavy (non-hydrogen) atoms. The Bertz CT molecular complexity index is 812. The number of piperazine rings is 1. The molecule has 0 spiro atoms. The maximum Gasteiger partial charge on any atom is 0.236 e. The summed E-state index contributed by atoms with van der Waals surface area (Å²) in [5.41, 5.74) is 0.683. The zero-order valence-corrected chi connectivity index (χ0v) is 17.6. The number of hydrogen-bond acceptors (Lipinski definition) is 5. The Hall–Kier alpha value is -1.48. The molecule has 0 atom stereocenters. The van der Waals surface area contributed by atoms with Gasteiger partial charge in [0.1, 0.15) is 0 Å². The molecule has 2 fully saturated rings. The summed E-state index contributed by atoms with van der Waals surface area (Å²) >= 11 is 5.88. The number of rotatable bonds is 5. The molecule has 0 N–H and O–H groups in total. The quantitative estimate of drug-likeness (QED) is 0.662. The number of nitrogens with zero attached hydrogens (tertiary/aromatic N) is 3. The number of halogens is 1. The van der Waals surface area contributed by atoms with Crippen molar-refractivity contribution < 1.29 is 18.0 Å². The Labute approximate surface area is 171 Å². The molecule has 2 saturated heterocycles. The maximum atomic E-state index is 12.6. The summed E-state index contributed by atoms with van der Waals surface area (Å²) in [6.45, 7) is 3.29. The van der Waals surface area contributed by atoms with Crippen LogP contribution in [0.2, 0.25) is 5.02 Å². The monoisotopic (exact) mass is 427 g/mol. The maximum absolute atomic E-state index is 12.6. The fourth-order valence-corrected chi connectivity index (χ4v) is 4.72. The Kier molecular flexibility index (Phi) is 6.75. The van der Waals surface area contributed by atoms with Crippen LogP contribution in [-0.2, 0) is 14.8 Å². The van der Waals surface area contributed by atoms with Gasteiger partial charge >= 0.3 is 0 Å². The number of carbonyl (C=O) groups is 2. The van der Waals surface area contributed by atoms with Crippen LogP contribution in [0.4, 0.5) is 0 Å². The average Bonchev–Trinajstić information content (AvgIpc) is 2.68. The normalized spacial score (nSPS) is 20.3. The molecule has 0 aromatic heterocycles. The number of likely N-dealkylation sites (tertiary alicyclic amines) is 1. The van der Waals surface area contributed by atoms with Gasteiger partial charge in [-0.1, -0.05) is 11.6 Å². The van der Waals surface area contributed by atoms with E-state index in [1.54, 1.807) is 29.2 Å². The van der Waals surface area contributed by atoms with Crippen LogP contribution in [0.1, 0.15) is 23.2 Å². The van der Waals surface area contributed by atoms with E-state index >= 15 is 0 Å². The van der Waals surface area contributed by atoms with Crippen LogP contribution in [0.5, 0.6) is 0 Å². The number of hydrogen-bond donors (Lipinski definition) is 0. The van der Waals surface area contributed by atoms with Crippen LogP contribution in [0.3, 0.4) is 0 Å². The van der Waals surface area contributed by atoms with Gasteiger partial charge in [-0.25, -0.2) is 8.42 Å². The summed E-state index contributed by atoms with van der Waals surface area (Å²) in [7, 11) is -3.20. The Morgan fingerprint density at radius 1 is 1.00 bits per heavy atom. The second-order valence-corrected chi connectivity index (χ2v) is 9.88. The standard InChI is InChI=1S/C19H26ClN3O4S/c1-28(26,27)23-12-10-22(11-13-23)18(24)14-21-8-6-16(7-9-21)19(25)15-2-4-17(20)5-3-15/h2-5,16H,6-14H2,1H3. The Balaban J connectivity index is 1.45. The van der Waals surface area contributed by atoms with E-state index in [1.165, 1.54) is 10.6 Å². The molecule has 1 aromatic rings. The van der Waals surface area contributed by atoms with Gasteiger partial charge in [0.2, 0.25) is 15.9 Å². The van der Waals surface area contributed by atoms with E-state index in [-0.39, 0.29) is 17.6 Å². The van der Waals surface area contributed by atoms with Gasteiger partial charge in [0.25, 0.3) is 0 Å². The van der Waals surface area contributed by atoms with Crippen molar-refractivity contribution in [1.82, 2.24) is 14.1 Å². The Morgan fingerprint density at radius 3 is 2.11 bits per heavy atom. The first-order valence-electron chi connectivity index (χ1n) is 9.49. The molecule has 7 nitrogen and oxygen atoms in total. The third-order valence-electron chi connectivity index (χ3n) is 5.51. The van der Waals surface area contributed by atoms with Crippen LogP contribution in [0.15, 0.2) is 24.3 Å². The molecule has 2 aliphatic heterocycles. The number of sulfonamides is 1. The molecule has 2 aliphatic rings. The summed E-state index contributed by atoms with van der Waals surface area (Å²) in [6, 6.07) is 6.98. The zero-order chi connectivity index (χ0) is 20.3. The first-order chi connectivity index (χ1) is 13.2.